The fraction of sp³-hybridized carbons (Fsp3) is 0.231. The number of nitrogens with zero attached hydrogens (tertiary/aromatic N) is 1. The van der Waals surface area contributed by atoms with Gasteiger partial charge in [-0.1, -0.05) is 0 Å². The minimum atomic E-state index is -0.555. The smallest absolute Gasteiger partial charge is 0.337 e. The minimum absolute atomic E-state index is 0.190. The summed E-state index contributed by atoms with van der Waals surface area (Å²) in [6.07, 6.45) is 0. The predicted molar refractivity (Wildman–Crippen MR) is 71.9 cm³/mol. The van der Waals surface area contributed by atoms with Crippen molar-refractivity contribution in [3.05, 3.63) is 45.7 Å². The molecule has 100 valence electrons. The molecule has 0 aliphatic carbocycles. The summed E-state index contributed by atoms with van der Waals surface area (Å²) in [7, 11) is 1.26. The maximum Gasteiger partial charge on any atom is 0.337 e. The average Bonchev–Trinajstić information content (AvgIpc) is 2.82. The molecule has 0 saturated heterocycles. The van der Waals surface area contributed by atoms with E-state index in [-0.39, 0.29) is 5.56 Å². The Labute approximate surface area is 114 Å². The van der Waals surface area contributed by atoms with Crippen LogP contribution in [0.15, 0.2) is 23.6 Å². The van der Waals surface area contributed by atoms with Crippen LogP contribution in [0.4, 0.5) is 10.1 Å². The molecule has 1 N–H and O–H groups in total. The Morgan fingerprint density at radius 1 is 1.53 bits per heavy atom. The van der Waals surface area contributed by atoms with Gasteiger partial charge in [-0.2, -0.15) is 0 Å². The number of rotatable bonds is 4. The van der Waals surface area contributed by atoms with Gasteiger partial charge in [-0.25, -0.2) is 14.2 Å². The highest BCUT2D eigenvalue weighted by Gasteiger charge is 2.10. The number of methoxy groups -OCH3 is 1. The highest BCUT2D eigenvalue weighted by Crippen LogP contribution is 2.18. The Kier molecular flexibility index (Phi) is 4.11. The number of ether oxygens (including phenoxy) is 1. The predicted octanol–water partition coefficient (Wildman–Crippen LogP) is 2.99. The van der Waals surface area contributed by atoms with Gasteiger partial charge in [-0.05, 0) is 25.1 Å². The number of benzene rings is 1. The molecular formula is C13H13FN2O2S. The summed E-state index contributed by atoms with van der Waals surface area (Å²) in [4.78, 5) is 15.5. The molecule has 2 aromatic rings. The van der Waals surface area contributed by atoms with Crippen LogP contribution in [-0.4, -0.2) is 18.1 Å². The van der Waals surface area contributed by atoms with Gasteiger partial charge in [0, 0.05) is 11.1 Å². The SMILES string of the molecule is COC(=O)c1ccc(NCc2nc(C)cs2)c(F)c1. The van der Waals surface area contributed by atoms with Crippen LogP contribution in [0.1, 0.15) is 21.1 Å². The number of carbonyl (C=O) groups is 1. The Morgan fingerprint density at radius 3 is 2.89 bits per heavy atom. The van der Waals surface area contributed by atoms with Crippen molar-refractivity contribution < 1.29 is 13.9 Å². The lowest BCUT2D eigenvalue weighted by atomic mass is 10.2. The lowest BCUT2D eigenvalue weighted by molar-refractivity contribution is 0.0600. The second-order valence-corrected chi connectivity index (χ2v) is 4.87. The van der Waals surface area contributed by atoms with E-state index in [1.165, 1.54) is 30.6 Å². The largest absolute Gasteiger partial charge is 0.465 e. The van der Waals surface area contributed by atoms with Gasteiger partial charge in [0.05, 0.1) is 24.9 Å². The Hall–Kier alpha value is -1.95. The number of esters is 1. The van der Waals surface area contributed by atoms with Crippen molar-refractivity contribution >= 4 is 23.0 Å². The van der Waals surface area contributed by atoms with E-state index in [2.05, 4.69) is 15.0 Å². The summed E-state index contributed by atoms with van der Waals surface area (Å²) < 4.78 is 18.3. The number of aromatic nitrogens is 1. The molecule has 1 aromatic heterocycles. The fourth-order valence-electron chi connectivity index (χ4n) is 1.56. The van der Waals surface area contributed by atoms with Crippen molar-refractivity contribution in [3.8, 4) is 0 Å². The van der Waals surface area contributed by atoms with E-state index < -0.39 is 11.8 Å². The number of thiazole rings is 1. The third kappa shape index (κ3) is 3.29. The summed E-state index contributed by atoms with van der Waals surface area (Å²) in [5.74, 6) is -1.04. The quantitative estimate of drug-likeness (QED) is 0.875. The molecule has 0 atom stereocenters. The first-order chi connectivity index (χ1) is 9.10. The molecule has 0 unspecified atom stereocenters. The van der Waals surface area contributed by atoms with Gasteiger partial charge in [0.25, 0.3) is 0 Å². The van der Waals surface area contributed by atoms with E-state index in [0.29, 0.717) is 12.2 Å². The van der Waals surface area contributed by atoms with Gasteiger partial charge < -0.3 is 10.1 Å². The van der Waals surface area contributed by atoms with Crippen molar-refractivity contribution in [2.24, 2.45) is 0 Å². The van der Waals surface area contributed by atoms with Crippen LogP contribution < -0.4 is 5.32 Å². The molecule has 0 radical (unpaired) electrons. The van der Waals surface area contributed by atoms with Crippen LogP contribution in [-0.2, 0) is 11.3 Å². The van der Waals surface area contributed by atoms with E-state index in [0.717, 1.165) is 16.8 Å². The Balaban J connectivity index is 2.07. The van der Waals surface area contributed by atoms with Crippen LogP contribution in [0.25, 0.3) is 0 Å². The molecular weight excluding hydrogens is 267 g/mol. The zero-order chi connectivity index (χ0) is 13.8. The van der Waals surface area contributed by atoms with Crippen molar-refractivity contribution in [2.45, 2.75) is 13.5 Å². The second kappa shape index (κ2) is 5.79. The van der Waals surface area contributed by atoms with E-state index in [4.69, 9.17) is 0 Å². The van der Waals surface area contributed by atoms with Crippen LogP contribution in [0.5, 0.6) is 0 Å². The highest BCUT2D eigenvalue weighted by atomic mass is 32.1. The molecule has 0 fully saturated rings. The average molecular weight is 280 g/mol. The normalized spacial score (nSPS) is 10.3. The van der Waals surface area contributed by atoms with Gasteiger partial charge in [-0.15, -0.1) is 11.3 Å². The zero-order valence-corrected chi connectivity index (χ0v) is 11.4. The second-order valence-electron chi connectivity index (χ2n) is 3.92. The molecule has 0 saturated carbocycles. The standard InChI is InChI=1S/C13H13FN2O2S/c1-8-7-19-12(16-8)6-15-11-4-3-9(5-10(11)14)13(17)18-2/h3-5,7,15H,6H2,1-2H3. The first kappa shape index (κ1) is 13.5. The third-order valence-corrected chi connectivity index (χ3v) is 3.45. The fourth-order valence-corrected chi connectivity index (χ4v) is 2.27. The van der Waals surface area contributed by atoms with Gasteiger partial charge in [0.15, 0.2) is 0 Å². The van der Waals surface area contributed by atoms with E-state index in [9.17, 15) is 9.18 Å². The number of halogens is 1. The maximum atomic E-state index is 13.8. The van der Waals surface area contributed by atoms with Gasteiger partial charge in [0.2, 0.25) is 0 Å². The number of aryl methyl sites for hydroxylation is 1. The van der Waals surface area contributed by atoms with Crippen LogP contribution >= 0.6 is 11.3 Å². The zero-order valence-electron chi connectivity index (χ0n) is 10.6. The number of hydrogen-bond acceptors (Lipinski definition) is 5. The molecule has 0 spiro atoms. The van der Waals surface area contributed by atoms with Crippen LogP contribution in [0.2, 0.25) is 0 Å². The molecule has 19 heavy (non-hydrogen) atoms. The lowest BCUT2D eigenvalue weighted by Crippen LogP contribution is -2.05. The number of nitrogens with one attached hydrogen (secondary N) is 1. The summed E-state index contributed by atoms with van der Waals surface area (Å²) in [6.45, 7) is 2.36. The molecule has 4 nitrogen and oxygen atoms in total. The molecule has 0 bridgehead atoms. The molecule has 0 aliphatic heterocycles. The highest BCUT2D eigenvalue weighted by molar-refractivity contribution is 7.09. The lowest BCUT2D eigenvalue weighted by Gasteiger charge is -2.07. The molecule has 6 heteroatoms. The summed E-state index contributed by atoms with van der Waals surface area (Å²) in [5.41, 5.74) is 1.47. The van der Waals surface area contributed by atoms with Crippen molar-refractivity contribution in [1.82, 2.24) is 4.98 Å². The summed E-state index contributed by atoms with van der Waals surface area (Å²) in [5, 5.41) is 5.77. The monoisotopic (exact) mass is 280 g/mol. The van der Waals surface area contributed by atoms with Gasteiger partial charge >= 0.3 is 5.97 Å². The molecule has 1 aromatic carbocycles. The van der Waals surface area contributed by atoms with E-state index >= 15 is 0 Å². The molecule has 1 heterocycles. The molecule has 2 rings (SSSR count). The topological polar surface area (TPSA) is 51.2 Å². The molecule has 0 aliphatic rings. The summed E-state index contributed by atoms with van der Waals surface area (Å²) >= 11 is 1.52. The first-order valence-electron chi connectivity index (χ1n) is 5.63. The number of hydrogen-bond donors (Lipinski definition) is 1. The minimum Gasteiger partial charge on any atom is -0.465 e. The van der Waals surface area contributed by atoms with Crippen molar-refractivity contribution in [1.29, 1.82) is 0 Å². The number of carbonyl (C=O) groups excluding carboxylic acids is 1. The van der Waals surface area contributed by atoms with Crippen LogP contribution in [0, 0.1) is 12.7 Å². The number of anilines is 1. The van der Waals surface area contributed by atoms with Gasteiger partial charge in [-0.3, -0.25) is 0 Å². The first-order valence-corrected chi connectivity index (χ1v) is 6.51. The van der Waals surface area contributed by atoms with Crippen molar-refractivity contribution in [2.75, 3.05) is 12.4 Å². The van der Waals surface area contributed by atoms with Gasteiger partial charge in [0.1, 0.15) is 10.8 Å². The van der Waals surface area contributed by atoms with E-state index in [1.807, 2.05) is 12.3 Å². The van der Waals surface area contributed by atoms with Crippen LogP contribution in [0.3, 0.4) is 0 Å². The van der Waals surface area contributed by atoms with E-state index in [1.54, 1.807) is 0 Å². The molecule has 0 amide bonds. The third-order valence-electron chi connectivity index (χ3n) is 2.49. The Bertz CT molecular complexity index is 598. The Morgan fingerprint density at radius 2 is 2.32 bits per heavy atom. The maximum absolute atomic E-state index is 13.8. The summed E-state index contributed by atoms with van der Waals surface area (Å²) in [6, 6.07) is 4.19. The van der Waals surface area contributed by atoms with Crippen molar-refractivity contribution in [3.63, 3.8) is 0 Å².